The summed E-state index contributed by atoms with van der Waals surface area (Å²) >= 11 is 4.93. The quantitative estimate of drug-likeness (QED) is 0.917. The van der Waals surface area contributed by atoms with Crippen molar-refractivity contribution in [3.8, 4) is 5.75 Å². The van der Waals surface area contributed by atoms with Crippen LogP contribution in [-0.2, 0) is 6.42 Å². The van der Waals surface area contributed by atoms with E-state index in [0.29, 0.717) is 0 Å². The van der Waals surface area contributed by atoms with Gasteiger partial charge in [-0.3, -0.25) is 0 Å². The lowest BCUT2D eigenvalue weighted by Crippen LogP contribution is -2.19. The monoisotopic (exact) mass is 327 g/mol. The number of aromatic nitrogens is 2. The van der Waals surface area contributed by atoms with Gasteiger partial charge in [0, 0.05) is 9.85 Å². The first-order chi connectivity index (χ1) is 8.74. The minimum absolute atomic E-state index is 0.159. The molecular weight excluding hydrogens is 314 g/mol. The van der Waals surface area contributed by atoms with Crippen LogP contribution in [0.25, 0.3) is 0 Å². The number of nitrogens with one attached hydrogen (secondary N) is 1. The molecule has 0 saturated carbocycles. The predicted molar refractivity (Wildman–Crippen MR) is 76.1 cm³/mol. The van der Waals surface area contributed by atoms with Gasteiger partial charge in [-0.15, -0.1) is 5.10 Å². The van der Waals surface area contributed by atoms with Gasteiger partial charge < -0.3 is 10.1 Å². The standard InChI is InChI=1S/C12H14BrN3OS/c1-14-11(12-7-18-16-15-12)6-8-5-9(17-2)3-4-10(8)13/h3-5,7,11,14H,6H2,1-2H3. The summed E-state index contributed by atoms with van der Waals surface area (Å²) in [5, 5.41) is 9.34. The maximum absolute atomic E-state index is 5.25. The molecule has 0 fully saturated rings. The van der Waals surface area contributed by atoms with Crippen molar-refractivity contribution in [2.24, 2.45) is 0 Å². The van der Waals surface area contributed by atoms with Gasteiger partial charge in [0.25, 0.3) is 0 Å². The Bertz CT molecular complexity index is 504. The molecule has 1 N–H and O–H groups in total. The van der Waals surface area contributed by atoms with Crippen LogP contribution in [0.4, 0.5) is 0 Å². The third-order valence-corrected chi connectivity index (χ3v) is 4.06. The molecule has 18 heavy (non-hydrogen) atoms. The van der Waals surface area contributed by atoms with E-state index in [9.17, 15) is 0 Å². The van der Waals surface area contributed by atoms with Crippen LogP contribution in [0.5, 0.6) is 5.75 Å². The van der Waals surface area contributed by atoms with Gasteiger partial charge in [-0.1, -0.05) is 20.4 Å². The van der Waals surface area contributed by atoms with E-state index in [0.717, 1.165) is 22.3 Å². The lowest BCUT2D eigenvalue weighted by Gasteiger charge is -2.15. The Morgan fingerprint density at radius 1 is 1.50 bits per heavy atom. The van der Waals surface area contributed by atoms with Crippen LogP contribution in [0.15, 0.2) is 28.1 Å². The Balaban J connectivity index is 2.21. The Kier molecular flexibility index (Phi) is 4.68. The van der Waals surface area contributed by atoms with Crippen molar-refractivity contribution < 1.29 is 4.74 Å². The first kappa shape index (κ1) is 13.5. The van der Waals surface area contributed by atoms with Crippen LogP contribution in [0.2, 0.25) is 0 Å². The zero-order valence-corrected chi connectivity index (χ0v) is 12.6. The van der Waals surface area contributed by atoms with Crippen molar-refractivity contribution in [1.82, 2.24) is 14.9 Å². The number of rotatable bonds is 5. The van der Waals surface area contributed by atoms with Gasteiger partial charge >= 0.3 is 0 Å². The average Bonchev–Trinajstić information content (AvgIpc) is 2.91. The van der Waals surface area contributed by atoms with Crippen LogP contribution in [0.1, 0.15) is 17.3 Å². The molecule has 1 unspecified atom stereocenters. The molecule has 2 rings (SSSR count). The SMILES string of the molecule is CNC(Cc1cc(OC)ccc1Br)c1csnn1. The summed E-state index contributed by atoms with van der Waals surface area (Å²) in [5.41, 5.74) is 2.15. The molecule has 0 aliphatic heterocycles. The molecule has 0 bridgehead atoms. The molecular formula is C12H14BrN3OS. The fraction of sp³-hybridized carbons (Fsp3) is 0.333. The summed E-state index contributed by atoms with van der Waals surface area (Å²) in [6.07, 6.45) is 0.833. The van der Waals surface area contributed by atoms with E-state index in [2.05, 4.69) is 30.8 Å². The highest BCUT2D eigenvalue weighted by atomic mass is 79.9. The van der Waals surface area contributed by atoms with E-state index >= 15 is 0 Å². The molecule has 6 heteroatoms. The molecule has 2 aromatic rings. The van der Waals surface area contributed by atoms with Gasteiger partial charge in [0.15, 0.2) is 0 Å². The van der Waals surface area contributed by atoms with Crippen molar-refractivity contribution >= 4 is 27.5 Å². The van der Waals surface area contributed by atoms with Gasteiger partial charge in [-0.2, -0.15) is 0 Å². The van der Waals surface area contributed by atoms with Crippen LogP contribution < -0.4 is 10.1 Å². The maximum Gasteiger partial charge on any atom is 0.119 e. The molecule has 1 heterocycles. The van der Waals surface area contributed by atoms with Gasteiger partial charge in [0.1, 0.15) is 5.75 Å². The highest BCUT2D eigenvalue weighted by Crippen LogP contribution is 2.26. The molecule has 0 amide bonds. The minimum Gasteiger partial charge on any atom is -0.497 e. The molecule has 0 saturated heterocycles. The van der Waals surface area contributed by atoms with Crippen molar-refractivity contribution in [2.45, 2.75) is 12.5 Å². The zero-order chi connectivity index (χ0) is 13.0. The van der Waals surface area contributed by atoms with Crippen LogP contribution in [0.3, 0.4) is 0 Å². The van der Waals surface area contributed by atoms with Gasteiger partial charge in [0.2, 0.25) is 0 Å². The molecule has 0 radical (unpaired) electrons. The molecule has 1 atom stereocenters. The fourth-order valence-corrected chi connectivity index (χ4v) is 2.65. The number of benzene rings is 1. The lowest BCUT2D eigenvalue weighted by molar-refractivity contribution is 0.413. The second kappa shape index (κ2) is 6.26. The summed E-state index contributed by atoms with van der Waals surface area (Å²) in [4.78, 5) is 0. The average molecular weight is 328 g/mol. The highest BCUT2D eigenvalue weighted by molar-refractivity contribution is 9.10. The van der Waals surface area contributed by atoms with Gasteiger partial charge in [0.05, 0.1) is 18.8 Å². The summed E-state index contributed by atoms with van der Waals surface area (Å²) in [6, 6.07) is 6.13. The first-order valence-electron chi connectivity index (χ1n) is 5.51. The maximum atomic E-state index is 5.25. The number of nitrogens with zero attached hydrogens (tertiary/aromatic N) is 2. The second-order valence-corrected chi connectivity index (χ2v) is 5.30. The van der Waals surface area contributed by atoms with E-state index in [1.54, 1.807) is 7.11 Å². The Morgan fingerprint density at radius 3 is 2.94 bits per heavy atom. The molecule has 96 valence electrons. The largest absolute Gasteiger partial charge is 0.497 e. The fourth-order valence-electron chi connectivity index (χ4n) is 1.73. The topological polar surface area (TPSA) is 47.0 Å². The number of ether oxygens (including phenoxy) is 1. The number of methoxy groups -OCH3 is 1. The summed E-state index contributed by atoms with van der Waals surface area (Å²) in [6.45, 7) is 0. The van der Waals surface area contributed by atoms with Crippen LogP contribution in [0, 0.1) is 0 Å². The van der Waals surface area contributed by atoms with Crippen molar-refractivity contribution in [2.75, 3.05) is 14.2 Å². The Morgan fingerprint density at radius 2 is 2.33 bits per heavy atom. The van der Waals surface area contributed by atoms with Crippen molar-refractivity contribution in [1.29, 1.82) is 0 Å². The summed E-state index contributed by atoms with van der Waals surface area (Å²) in [5.74, 6) is 0.861. The third kappa shape index (κ3) is 3.07. The smallest absolute Gasteiger partial charge is 0.119 e. The van der Waals surface area contributed by atoms with E-state index < -0.39 is 0 Å². The van der Waals surface area contributed by atoms with Gasteiger partial charge in [-0.05, 0) is 48.8 Å². The molecule has 4 nitrogen and oxygen atoms in total. The zero-order valence-electron chi connectivity index (χ0n) is 10.2. The third-order valence-electron chi connectivity index (χ3n) is 2.76. The van der Waals surface area contributed by atoms with E-state index in [-0.39, 0.29) is 6.04 Å². The van der Waals surface area contributed by atoms with E-state index in [1.165, 1.54) is 17.1 Å². The van der Waals surface area contributed by atoms with Crippen LogP contribution in [-0.4, -0.2) is 23.7 Å². The Labute approximate surface area is 119 Å². The lowest BCUT2D eigenvalue weighted by atomic mass is 10.0. The first-order valence-corrected chi connectivity index (χ1v) is 7.14. The summed E-state index contributed by atoms with van der Waals surface area (Å²) in [7, 11) is 3.60. The van der Waals surface area contributed by atoms with Crippen LogP contribution >= 0.6 is 27.5 Å². The molecule has 0 aliphatic rings. The second-order valence-electron chi connectivity index (χ2n) is 3.83. The normalized spacial score (nSPS) is 12.4. The van der Waals surface area contributed by atoms with Crippen molar-refractivity contribution in [3.05, 3.63) is 39.3 Å². The predicted octanol–water partition coefficient (Wildman–Crippen LogP) is 2.81. The molecule has 0 spiro atoms. The number of hydrogen-bond donors (Lipinski definition) is 1. The van der Waals surface area contributed by atoms with E-state index in [1.807, 2.05) is 30.6 Å². The van der Waals surface area contributed by atoms with Crippen molar-refractivity contribution in [3.63, 3.8) is 0 Å². The highest BCUT2D eigenvalue weighted by Gasteiger charge is 2.15. The number of likely N-dealkylation sites (N-methyl/N-ethyl adjacent to an activating group) is 1. The van der Waals surface area contributed by atoms with E-state index in [4.69, 9.17) is 4.74 Å². The molecule has 1 aromatic heterocycles. The minimum atomic E-state index is 0.159. The number of hydrogen-bond acceptors (Lipinski definition) is 5. The Hall–Kier alpha value is -0.980. The van der Waals surface area contributed by atoms with Gasteiger partial charge in [-0.25, -0.2) is 0 Å². The number of halogens is 1. The summed E-state index contributed by atoms with van der Waals surface area (Å²) < 4.78 is 10.2. The molecule has 1 aromatic carbocycles. The molecule has 0 aliphatic carbocycles.